The van der Waals surface area contributed by atoms with E-state index in [0.29, 0.717) is 16.8 Å². The highest BCUT2D eigenvalue weighted by atomic mass is 79.9. The highest BCUT2D eigenvalue weighted by Gasteiger charge is 2.03. The molecule has 0 atom stereocenters. The minimum atomic E-state index is -2.44. The Morgan fingerprint density at radius 1 is 1.56 bits per heavy atom. The van der Waals surface area contributed by atoms with Gasteiger partial charge in [-0.05, 0) is 15.9 Å². The first-order chi connectivity index (χ1) is 7.59. The minimum absolute atomic E-state index is 0.138. The summed E-state index contributed by atoms with van der Waals surface area (Å²) in [5.41, 5.74) is 5.38. The average molecular weight is 297 g/mol. The number of hydrogen-bond acceptors (Lipinski definition) is 5. The summed E-state index contributed by atoms with van der Waals surface area (Å²) in [5, 5.41) is 2.88. The Kier molecular flexibility index (Phi) is 5.33. The molecule has 0 amide bonds. The van der Waals surface area contributed by atoms with Gasteiger partial charge in [-0.2, -0.15) is 4.98 Å². The second-order valence-corrected chi connectivity index (χ2v) is 3.67. The second-order valence-electron chi connectivity index (χ2n) is 2.82. The SMILES string of the molecule is Nc1ncc(Br)c(NCCOCC(F)F)n1. The summed E-state index contributed by atoms with van der Waals surface area (Å²) in [4.78, 5) is 7.67. The average Bonchev–Trinajstić information content (AvgIpc) is 2.22. The van der Waals surface area contributed by atoms with E-state index in [2.05, 4.69) is 36.0 Å². The molecule has 1 aromatic rings. The lowest BCUT2D eigenvalue weighted by molar-refractivity contribution is 0.0215. The lowest BCUT2D eigenvalue weighted by Gasteiger charge is -2.08. The van der Waals surface area contributed by atoms with Gasteiger partial charge in [0.15, 0.2) is 0 Å². The monoisotopic (exact) mass is 296 g/mol. The number of nitrogens with two attached hydrogens (primary N) is 1. The fraction of sp³-hybridized carbons (Fsp3) is 0.500. The first-order valence-corrected chi connectivity index (χ1v) is 5.26. The van der Waals surface area contributed by atoms with Gasteiger partial charge in [0, 0.05) is 12.7 Å². The number of nitrogen functional groups attached to an aromatic ring is 1. The van der Waals surface area contributed by atoms with Crippen LogP contribution in [0.3, 0.4) is 0 Å². The first kappa shape index (κ1) is 13.0. The van der Waals surface area contributed by atoms with Gasteiger partial charge in [-0.1, -0.05) is 0 Å². The minimum Gasteiger partial charge on any atom is -0.374 e. The zero-order valence-electron chi connectivity index (χ0n) is 8.29. The van der Waals surface area contributed by atoms with Crippen molar-refractivity contribution in [2.75, 3.05) is 30.8 Å². The third-order valence-electron chi connectivity index (χ3n) is 1.55. The van der Waals surface area contributed by atoms with Crippen LogP contribution in [0.1, 0.15) is 0 Å². The van der Waals surface area contributed by atoms with Crippen molar-refractivity contribution >= 4 is 27.7 Å². The summed E-state index contributed by atoms with van der Waals surface area (Å²) in [7, 11) is 0. The van der Waals surface area contributed by atoms with Crippen LogP contribution in [0.25, 0.3) is 0 Å². The van der Waals surface area contributed by atoms with E-state index in [1.54, 1.807) is 0 Å². The summed E-state index contributed by atoms with van der Waals surface area (Å²) in [6.45, 7) is -0.0305. The highest BCUT2D eigenvalue weighted by Crippen LogP contribution is 2.18. The lowest BCUT2D eigenvalue weighted by atomic mass is 10.5. The van der Waals surface area contributed by atoms with E-state index in [1.165, 1.54) is 6.20 Å². The molecule has 0 aliphatic carbocycles. The number of ether oxygens (including phenoxy) is 1. The Morgan fingerprint density at radius 2 is 2.31 bits per heavy atom. The van der Waals surface area contributed by atoms with Crippen LogP contribution in [0.2, 0.25) is 0 Å². The zero-order valence-corrected chi connectivity index (χ0v) is 9.88. The largest absolute Gasteiger partial charge is 0.374 e. The van der Waals surface area contributed by atoms with E-state index < -0.39 is 13.0 Å². The molecule has 0 fully saturated rings. The summed E-state index contributed by atoms with van der Waals surface area (Å²) in [6.07, 6.45) is -0.938. The molecule has 0 saturated carbocycles. The van der Waals surface area contributed by atoms with Crippen LogP contribution in [-0.2, 0) is 4.74 Å². The Bertz CT molecular complexity index is 340. The number of nitrogens with zero attached hydrogens (tertiary/aromatic N) is 2. The maximum absolute atomic E-state index is 11.7. The Morgan fingerprint density at radius 3 is 3.00 bits per heavy atom. The molecular weight excluding hydrogens is 286 g/mol. The van der Waals surface area contributed by atoms with Crippen molar-refractivity contribution in [3.05, 3.63) is 10.7 Å². The van der Waals surface area contributed by atoms with E-state index in [0.717, 1.165) is 0 Å². The quantitative estimate of drug-likeness (QED) is 0.779. The van der Waals surface area contributed by atoms with Crippen molar-refractivity contribution in [3.63, 3.8) is 0 Å². The van der Waals surface area contributed by atoms with Crippen molar-refractivity contribution in [1.29, 1.82) is 0 Å². The van der Waals surface area contributed by atoms with E-state index in [9.17, 15) is 8.78 Å². The molecule has 16 heavy (non-hydrogen) atoms. The van der Waals surface area contributed by atoms with Crippen LogP contribution in [0.4, 0.5) is 20.5 Å². The topological polar surface area (TPSA) is 73.1 Å². The van der Waals surface area contributed by atoms with Crippen LogP contribution in [0, 0.1) is 0 Å². The molecule has 0 aromatic carbocycles. The van der Waals surface area contributed by atoms with Crippen LogP contribution in [0.15, 0.2) is 10.7 Å². The molecule has 0 unspecified atom stereocenters. The molecule has 8 heteroatoms. The fourth-order valence-corrected chi connectivity index (χ4v) is 1.25. The van der Waals surface area contributed by atoms with E-state index in [4.69, 9.17) is 5.73 Å². The summed E-state index contributed by atoms with van der Waals surface area (Å²) < 4.78 is 28.8. The van der Waals surface area contributed by atoms with Crippen molar-refractivity contribution in [2.45, 2.75) is 6.43 Å². The van der Waals surface area contributed by atoms with Gasteiger partial charge in [0.25, 0.3) is 6.43 Å². The van der Waals surface area contributed by atoms with Crippen molar-refractivity contribution in [3.8, 4) is 0 Å². The van der Waals surface area contributed by atoms with Crippen molar-refractivity contribution in [2.24, 2.45) is 0 Å². The maximum atomic E-state index is 11.7. The number of rotatable bonds is 6. The zero-order chi connectivity index (χ0) is 12.0. The van der Waals surface area contributed by atoms with E-state index in [-0.39, 0.29) is 12.6 Å². The first-order valence-electron chi connectivity index (χ1n) is 4.47. The van der Waals surface area contributed by atoms with Gasteiger partial charge in [-0.25, -0.2) is 13.8 Å². The molecule has 0 aliphatic heterocycles. The van der Waals surface area contributed by atoms with E-state index in [1.807, 2.05) is 0 Å². The second kappa shape index (κ2) is 6.54. The lowest BCUT2D eigenvalue weighted by Crippen LogP contribution is -2.14. The Labute approximate surface area is 99.5 Å². The molecule has 1 aromatic heterocycles. The van der Waals surface area contributed by atoms with Gasteiger partial charge in [-0.3, -0.25) is 0 Å². The maximum Gasteiger partial charge on any atom is 0.261 e. The summed E-state index contributed by atoms with van der Waals surface area (Å²) >= 11 is 3.22. The number of nitrogens with one attached hydrogen (secondary N) is 1. The van der Waals surface area contributed by atoms with Gasteiger partial charge >= 0.3 is 0 Å². The molecule has 1 heterocycles. The number of hydrogen-bond donors (Lipinski definition) is 2. The molecule has 0 spiro atoms. The Balaban J connectivity index is 2.29. The number of aromatic nitrogens is 2. The predicted molar refractivity (Wildman–Crippen MR) is 59.5 cm³/mol. The fourth-order valence-electron chi connectivity index (χ4n) is 0.919. The normalized spacial score (nSPS) is 10.8. The van der Waals surface area contributed by atoms with Crippen molar-refractivity contribution in [1.82, 2.24) is 9.97 Å². The van der Waals surface area contributed by atoms with Crippen LogP contribution in [0.5, 0.6) is 0 Å². The molecule has 0 saturated heterocycles. The number of alkyl halides is 2. The smallest absolute Gasteiger partial charge is 0.261 e. The molecule has 0 radical (unpaired) electrons. The van der Waals surface area contributed by atoms with Gasteiger partial charge in [0.05, 0.1) is 11.1 Å². The Hall–Kier alpha value is -1.02. The molecule has 0 bridgehead atoms. The van der Waals surface area contributed by atoms with Crippen molar-refractivity contribution < 1.29 is 13.5 Å². The number of anilines is 2. The van der Waals surface area contributed by atoms with Crippen LogP contribution < -0.4 is 11.1 Å². The highest BCUT2D eigenvalue weighted by molar-refractivity contribution is 9.10. The summed E-state index contributed by atoms with van der Waals surface area (Å²) in [5.74, 6) is 0.646. The van der Waals surface area contributed by atoms with Gasteiger partial charge in [0.2, 0.25) is 5.95 Å². The predicted octanol–water partition coefficient (Wildman–Crippen LogP) is 1.51. The summed E-state index contributed by atoms with van der Waals surface area (Å²) in [6, 6.07) is 0. The van der Waals surface area contributed by atoms with Gasteiger partial charge in [-0.15, -0.1) is 0 Å². The van der Waals surface area contributed by atoms with Crippen LogP contribution >= 0.6 is 15.9 Å². The molecule has 90 valence electrons. The molecule has 1 rings (SSSR count). The van der Waals surface area contributed by atoms with Crippen LogP contribution in [-0.4, -0.2) is 36.2 Å². The van der Waals surface area contributed by atoms with Gasteiger partial charge < -0.3 is 15.8 Å². The molecule has 5 nitrogen and oxygen atoms in total. The number of halogens is 3. The van der Waals surface area contributed by atoms with E-state index >= 15 is 0 Å². The van der Waals surface area contributed by atoms with Gasteiger partial charge in [0.1, 0.15) is 12.4 Å². The standard InChI is InChI=1S/C8H11BrF2N4O/c9-5-3-14-8(12)15-7(5)13-1-2-16-4-6(10)11/h3,6H,1-2,4H2,(H3,12,13,14,15). The third-order valence-corrected chi connectivity index (χ3v) is 2.13. The molecule has 0 aliphatic rings. The molecular formula is C8H11BrF2N4O. The molecule has 3 N–H and O–H groups in total. The third kappa shape index (κ3) is 4.67.